The van der Waals surface area contributed by atoms with Crippen molar-refractivity contribution < 1.29 is 9.21 Å². The average Bonchev–Trinajstić information content (AvgIpc) is 3.21. The quantitative estimate of drug-likeness (QED) is 0.869. The molecule has 1 atom stereocenters. The Morgan fingerprint density at radius 1 is 1.12 bits per heavy atom. The molecule has 2 fully saturated rings. The standard InChI is InChI=1S/C20H24N2O2/c1-21-19(23)18(16-6-3-2-4-7-16)14-20(21)9-11-22(12-10-20)15-17-8-5-13-24-17/h2-8,13,18H,9-12,14-15H2,1H3/t18-/m1/s1. The topological polar surface area (TPSA) is 36.7 Å². The van der Waals surface area contributed by atoms with E-state index in [4.69, 9.17) is 4.42 Å². The molecular weight excluding hydrogens is 300 g/mol. The van der Waals surface area contributed by atoms with Crippen LogP contribution in [-0.4, -0.2) is 41.4 Å². The van der Waals surface area contributed by atoms with Gasteiger partial charge in [0.15, 0.2) is 0 Å². The van der Waals surface area contributed by atoms with E-state index in [0.29, 0.717) is 0 Å². The molecule has 4 nitrogen and oxygen atoms in total. The number of rotatable bonds is 3. The molecule has 4 heteroatoms. The first-order valence-corrected chi connectivity index (χ1v) is 8.75. The van der Waals surface area contributed by atoms with Gasteiger partial charge in [0.05, 0.1) is 18.7 Å². The number of hydrogen-bond donors (Lipinski definition) is 0. The molecule has 2 aliphatic heterocycles. The van der Waals surface area contributed by atoms with Gasteiger partial charge in [-0.2, -0.15) is 0 Å². The molecule has 1 aromatic carbocycles. The highest BCUT2D eigenvalue weighted by molar-refractivity contribution is 5.87. The van der Waals surface area contributed by atoms with Crippen molar-refractivity contribution in [2.75, 3.05) is 20.1 Å². The van der Waals surface area contributed by atoms with Gasteiger partial charge in [0.25, 0.3) is 0 Å². The van der Waals surface area contributed by atoms with Gasteiger partial charge >= 0.3 is 0 Å². The van der Waals surface area contributed by atoms with Crippen LogP contribution in [0, 0.1) is 0 Å². The van der Waals surface area contributed by atoms with Crippen molar-refractivity contribution in [1.82, 2.24) is 9.80 Å². The molecule has 0 N–H and O–H groups in total. The monoisotopic (exact) mass is 324 g/mol. The van der Waals surface area contributed by atoms with Gasteiger partial charge < -0.3 is 9.32 Å². The molecule has 2 aromatic rings. The van der Waals surface area contributed by atoms with Crippen LogP contribution in [0.25, 0.3) is 0 Å². The van der Waals surface area contributed by atoms with Gasteiger partial charge in [-0.3, -0.25) is 9.69 Å². The summed E-state index contributed by atoms with van der Waals surface area (Å²) in [7, 11) is 1.99. The largest absolute Gasteiger partial charge is 0.468 e. The molecule has 0 bridgehead atoms. The van der Waals surface area contributed by atoms with Crippen LogP contribution in [-0.2, 0) is 11.3 Å². The maximum absolute atomic E-state index is 12.8. The SMILES string of the molecule is CN1C(=O)[C@@H](c2ccccc2)CC12CCN(Cc1ccco1)CC2. The van der Waals surface area contributed by atoms with Gasteiger partial charge in [-0.05, 0) is 37.0 Å². The maximum Gasteiger partial charge on any atom is 0.230 e. The van der Waals surface area contributed by atoms with E-state index in [0.717, 1.165) is 50.2 Å². The lowest BCUT2D eigenvalue weighted by Gasteiger charge is -2.43. The second-order valence-electron chi connectivity index (χ2n) is 7.14. The summed E-state index contributed by atoms with van der Waals surface area (Å²) in [5.74, 6) is 1.32. The van der Waals surface area contributed by atoms with Gasteiger partial charge in [-0.1, -0.05) is 30.3 Å². The third-order valence-corrected chi connectivity index (χ3v) is 5.87. The van der Waals surface area contributed by atoms with Gasteiger partial charge in [-0.25, -0.2) is 0 Å². The number of furan rings is 1. The predicted octanol–water partition coefficient (Wildman–Crippen LogP) is 3.26. The third-order valence-electron chi connectivity index (χ3n) is 5.87. The lowest BCUT2D eigenvalue weighted by atomic mass is 9.81. The summed E-state index contributed by atoms with van der Waals surface area (Å²) in [6.07, 6.45) is 4.76. The third kappa shape index (κ3) is 2.65. The summed E-state index contributed by atoms with van der Waals surface area (Å²) in [5.41, 5.74) is 1.18. The first-order chi connectivity index (χ1) is 11.7. The minimum Gasteiger partial charge on any atom is -0.468 e. The smallest absolute Gasteiger partial charge is 0.230 e. The van der Waals surface area contributed by atoms with E-state index in [-0.39, 0.29) is 17.4 Å². The van der Waals surface area contributed by atoms with Crippen LogP contribution in [0.15, 0.2) is 53.1 Å². The zero-order valence-electron chi connectivity index (χ0n) is 14.1. The van der Waals surface area contributed by atoms with Gasteiger partial charge in [0.1, 0.15) is 5.76 Å². The van der Waals surface area contributed by atoms with E-state index in [2.05, 4.69) is 17.0 Å². The molecular formula is C20H24N2O2. The molecule has 1 amide bonds. The van der Waals surface area contributed by atoms with Crippen molar-refractivity contribution in [2.45, 2.75) is 37.3 Å². The number of amides is 1. The highest BCUT2D eigenvalue weighted by Gasteiger charge is 2.50. The van der Waals surface area contributed by atoms with Gasteiger partial charge in [0, 0.05) is 25.7 Å². The minimum absolute atomic E-state index is 0.0211. The number of likely N-dealkylation sites (N-methyl/N-ethyl adjacent to an activating group) is 1. The summed E-state index contributed by atoms with van der Waals surface area (Å²) < 4.78 is 5.46. The summed E-state index contributed by atoms with van der Waals surface area (Å²) in [4.78, 5) is 17.3. The van der Waals surface area contributed by atoms with Crippen molar-refractivity contribution >= 4 is 5.91 Å². The van der Waals surface area contributed by atoms with E-state index in [1.807, 2.05) is 42.3 Å². The fourth-order valence-electron chi connectivity index (χ4n) is 4.31. The Balaban J connectivity index is 1.45. The molecule has 3 heterocycles. The number of carbonyl (C=O) groups is 1. The number of piperidine rings is 1. The molecule has 4 rings (SSSR count). The zero-order chi connectivity index (χ0) is 16.6. The lowest BCUT2D eigenvalue weighted by molar-refractivity contribution is -0.131. The van der Waals surface area contributed by atoms with E-state index in [1.54, 1.807) is 6.26 Å². The normalized spacial score (nSPS) is 24.0. The molecule has 126 valence electrons. The Morgan fingerprint density at radius 2 is 1.88 bits per heavy atom. The van der Waals surface area contributed by atoms with E-state index < -0.39 is 0 Å². The van der Waals surface area contributed by atoms with E-state index in [1.165, 1.54) is 0 Å². The van der Waals surface area contributed by atoms with Crippen LogP contribution < -0.4 is 0 Å². The fourth-order valence-corrected chi connectivity index (χ4v) is 4.31. The van der Waals surface area contributed by atoms with Crippen LogP contribution in [0.1, 0.15) is 36.5 Å². The average molecular weight is 324 g/mol. The van der Waals surface area contributed by atoms with Crippen LogP contribution in [0.5, 0.6) is 0 Å². The molecule has 0 aliphatic carbocycles. The molecule has 2 aliphatic rings. The molecule has 0 radical (unpaired) electrons. The molecule has 1 aromatic heterocycles. The minimum atomic E-state index is 0.0211. The van der Waals surface area contributed by atoms with Crippen molar-refractivity contribution in [2.24, 2.45) is 0 Å². The molecule has 24 heavy (non-hydrogen) atoms. The van der Waals surface area contributed by atoms with E-state index in [9.17, 15) is 4.79 Å². The number of benzene rings is 1. The van der Waals surface area contributed by atoms with Crippen LogP contribution in [0.2, 0.25) is 0 Å². The summed E-state index contributed by atoms with van der Waals surface area (Å²) in [6.45, 7) is 2.89. The van der Waals surface area contributed by atoms with Crippen LogP contribution in [0.4, 0.5) is 0 Å². The van der Waals surface area contributed by atoms with Gasteiger partial charge in [0.2, 0.25) is 5.91 Å². The maximum atomic E-state index is 12.8. The summed E-state index contributed by atoms with van der Waals surface area (Å²) in [6, 6.07) is 14.2. The second-order valence-corrected chi connectivity index (χ2v) is 7.14. The van der Waals surface area contributed by atoms with Crippen molar-refractivity contribution in [1.29, 1.82) is 0 Å². The molecule has 2 saturated heterocycles. The molecule has 0 unspecified atom stereocenters. The highest BCUT2D eigenvalue weighted by atomic mass is 16.3. The summed E-state index contributed by atoms with van der Waals surface area (Å²) >= 11 is 0. The number of nitrogens with zero attached hydrogens (tertiary/aromatic N) is 2. The number of hydrogen-bond acceptors (Lipinski definition) is 3. The Bertz CT molecular complexity index is 688. The Hall–Kier alpha value is -2.07. The second kappa shape index (κ2) is 6.10. The zero-order valence-corrected chi connectivity index (χ0v) is 14.1. The number of carbonyl (C=O) groups excluding carboxylic acids is 1. The Morgan fingerprint density at radius 3 is 2.54 bits per heavy atom. The summed E-state index contributed by atoms with van der Waals surface area (Å²) in [5, 5.41) is 0. The van der Waals surface area contributed by atoms with Crippen LogP contribution in [0.3, 0.4) is 0 Å². The molecule has 0 saturated carbocycles. The Kier molecular flexibility index (Phi) is 3.93. The first kappa shape index (κ1) is 15.5. The van der Waals surface area contributed by atoms with Crippen LogP contribution >= 0.6 is 0 Å². The van der Waals surface area contributed by atoms with Gasteiger partial charge in [-0.15, -0.1) is 0 Å². The number of likely N-dealkylation sites (tertiary alicyclic amines) is 2. The van der Waals surface area contributed by atoms with Crippen molar-refractivity contribution in [3.63, 3.8) is 0 Å². The highest BCUT2D eigenvalue weighted by Crippen LogP contribution is 2.44. The predicted molar refractivity (Wildman–Crippen MR) is 92.5 cm³/mol. The van der Waals surface area contributed by atoms with Crippen molar-refractivity contribution in [3.8, 4) is 0 Å². The molecule has 1 spiro atoms. The Labute approximate surface area is 143 Å². The fraction of sp³-hybridized carbons (Fsp3) is 0.450. The first-order valence-electron chi connectivity index (χ1n) is 8.75. The van der Waals surface area contributed by atoms with Crippen molar-refractivity contribution in [3.05, 3.63) is 60.1 Å². The lowest BCUT2D eigenvalue weighted by Crippen LogP contribution is -2.51. The van der Waals surface area contributed by atoms with E-state index >= 15 is 0 Å².